The molecule has 0 heterocycles. The van der Waals surface area contributed by atoms with Gasteiger partial charge in [-0.15, -0.1) is 0 Å². The molecule has 0 aliphatic carbocycles. The minimum atomic E-state index is -0.420. The molecule has 2 aromatic rings. The summed E-state index contributed by atoms with van der Waals surface area (Å²) < 4.78 is 5.74. The van der Waals surface area contributed by atoms with Crippen molar-refractivity contribution in [1.82, 2.24) is 0 Å². The van der Waals surface area contributed by atoms with Crippen molar-refractivity contribution in [3.63, 3.8) is 0 Å². The summed E-state index contributed by atoms with van der Waals surface area (Å²) in [6.07, 6.45) is 0. The molecule has 2 aromatic carbocycles. The van der Waals surface area contributed by atoms with Crippen molar-refractivity contribution in [1.29, 1.82) is 0 Å². The van der Waals surface area contributed by atoms with Crippen molar-refractivity contribution in [3.8, 4) is 5.75 Å². The van der Waals surface area contributed by atoms with Crippen LogP contribution in [0.5, 0.6) is 5.75 Å². The molecule has 0 saturated heterocycles. The van der Waals surface area contributed by atoms with Gasteiger partial charge in [-0.2, -0.15) is 0 Å². The van der Waals surface area contributed by atoms with Crippen LogP contribution in [0.15, 0.2) is 42.5 Å². The Hall–Kier alpha value is -2.33. The molecule has 104 valence electrons. The highest BCUT2D eigenvalue weighted by Crippen LogP contribution is 2.17. The molecule has 4 heteroatoms. The molecule has 0 aliphatic rings. The van der Waals surface area contributed by atoms with Gasteiger partial charge in [0.2, 0.25) is 5.91 Å². The number of carbonyl (C=O) groups excluding carboxylic acids is 1. The third-order valence-corrected chi connectivity index (χ3v) is 3.16. The molecule has 0 bridgehead atoms. The minimum Gasteiger partial charge on any atom is -0.489 e. The Labute approximate surface area is 118 Å². The Morgan fingerprint density at radius 1 is 1.20 bits per heavy atom. The van der Waals surface area contributed by atoms with Crippen LogP contribution in [-0.2, 0) is 13.2 Å². The summed E-state index contributed by atoms with van der Waals surface area (Å²) >= 11 is 0. The SMILES string of the molecule is Cc1cc(C(N)=O)ccc1COc1cccc(CN)c1. The van der Waals surface area contributed by atoms with E-state index in [4.69, 9.17) is 16.2 Å². The number of nitrogens with two attached hydrogens (primary N) is 2. The van der Waals surface area contributed by atoms with Crippen molar-refractivity contribution in [2.75, 3.05) is 0 Å². The predicted octanol–water partition coefficient (Wildman–Crippen LogP) is 2.13. The van der Waals surface area contributed by atoms with Gasteiger partial charge >= 0.3 is 0 Å². The van der Waals surface area contributed by atoms with Crippen molar-refractivity contribution >= 4 is 5.91 Å². The molecule has 4 N–H and O–H groups in total. The fourth-order valence-electron chi connectivity index (χ4n) is 1.93. The first kappa shape index (κ1) is 14.1. The zero-order valence-electron chi connectivity index (χ0n) is 11.4. The average molecular weight is 270 g/mol. The van der Waals surface area contributed by atoms with Gasteiger partial charge in [-0.25, -0.2) is 0 Å². The summed E-state index contributed by atoms with van der Waals surface area (Å²) in [5, 5.41) is 0. The largest absolute Gasteiger partial charge is 0.489 e. The lowest BCUT2D eigenvalue weighted by Gasteiger charge is -2.10. The Bertz CT molecular complexity index is 624. The second-order valence-corrected chi connectivity index (χ2v) is 4.65. The molecule has 0 atom stereocenters. The monoisotopic (exact) mass is 270 g/mol. The van der Waals surface area contributed by atoms with Crippen LogP contribution >= 0.6 is 0 Å². The molecule has 0 saturated carbocycles. The van der Waals surface area contributed by atoms with E-state index in [9.17, 15) is 4.79 Å². The van der Waals surface area contributed by atoms with Gasteiger partial charge < -0.3 is 16.2 Å². The first-order valence-electron chi connectivity index (χ1n) is 6.41. The number of aryl methyl sites for hydroxylation is 1. The van der Waals surface area contributed by atoms with Crippen LogP contribution in [0.25, 0.3) is 0 Å². The molecular weight excluding hydrogens is 252 g/mol. The van der Waals surface area contributed by atoms with E-state index in [2.05, 4.69) is 0 Å². The van der Waals surface area contributed by atoms with Gasteiger partial charge in [-0.3, -0.25) is 4.79 Å². The molecular formula is C16H18N2O2. The van der Waals surface area contributed by atoms with Crippen LogP contribution in [0.1, 0.15) is 27.0 Å². The number of rotatable bonds is 5. The van der Waals surface area contributed by atoms with Gasteiger partial charge in [0.25, 0.3) is 0 Å². The molecule has 0 spiro atoms. The maximum Gasteiger partial charge on any atom is 0.248 e. The number of benzene rings is 2. The van der Waals surface area contributed by atoms with E-state index in [0.717, 1.165) is 22.4 Å². The lowest BCUT2D eigenvalue weighted by atomic mass is 10.1. The lowest BCUT2D eigenvalue weighted by Crippen LogP contribution is -2.11. The van der Waals surface area contributed by atoms with Gasteiger partial charge in [0.05, 0.1) is 0 Å². The number of hydrogen-bond donors (Lipinski definition) is 2. The number of carbonyl (C=O) groups is 1. The number of amides is 1. The van der Waals surface area contributed by atoms with Crippen molar-refractivity contribution < 1.29 is 9.53 Å². The second kappa shape index (κ2) is 6.21. The van der Waals surface area contributed by atoms with Gasteiger partial charge in [-0.05, 0) is 47.9 Å². The van der Waals surface area contributed by atoms with Gasteiger partial charge in [0, 0.05) is 12.1 Å². The number of primary amides is 1. The summed E-state index contributed by atoms with van der Waals surface area (Å²) in [4.78, 5) is 11.1. The van der Waals surface area contributed by atoms with Crippen molar-refractivity contribution in [2.24, 2.45) is 11.5 Å². The van der Waals surface area contributed by atoms with E-state index in [1.807, 2.05) is 37.3 Å². The van der Waals surface area contributed by atoms with Gasteiger partial charge in [0.1, 0.15) is 12.4 Å². The summed E-state index contributed by atoms with van der Waals surface area (Å²) in [6.45, 7) is 2.86. The third kappa shape index (κ3) is 3.36. The second-order valence-electron chi connectivity index (χ2n) is 4.65. The van der Waals surface area contributed by atoms with E-state index in [0.29, 0.717) is 18.7 Å². The van der Waals surface area contributed by atoms with Crippen LogP contribution in [0.2, 0.25) is 0 Å². The Morgan fingerprint density at radius 2 is 2.00 bits per heavy atom. The molecule has 0 aromatic heterocycles. The Kier molecular flexibility index (Phi) is 4.38. The fraction of sp³-hybridized carbons (Fsp3) is 0.188. The Balaban J connectivity index is 2.08. The van der Waals surface area contributed by atoms with Gasteiger partial charge in [-0.1, -0.05) is 18.2 Å². The highest BCUT2D eigenvalue weighted by molar-refractivity contribution is 5.93. The molecule has 20 heavy (non-hydrogen) atoms. The van der Waals surface area contributed by atoms with Crippen LogP contribution < -0.4 is 16.2 Å². The molecule has 4 nitrogen and oxygen atoms in total. The fourth-order valence-corrected chi connectivity index (χ4v) is 1.93. The van der Waals surface area contributed by atoms with E-state index in [1.165, 1.54) is 0 Å². The summed E-state index contributed by atoms with van der Waals surface area (Å²) in [6, 6.07) is 13.0. The number of hydrogen-bond acceptors (Lipinski definition) is 3. The third-order valence-electron chi connectivity index (χ3n) is 3.16. The quantitative estimate of drug-likeness (QED) is 0.873. The highest BCUT2D eigenvalue weighted by Gasteiger charge is 2.05. The van der Waals surface area contributed by atoms with E-state index < -0.39 is 5.91 Å². The lowest BCUT2D eigenvalue weighted by molar-refractivity contribution is 0.1000. The van der Waals surface area contributed by atoms with Gasteiger partial charge in [0.15, 0.2) is 0 Å². The first-order chi connectivity index (χ1) is 9.60. The first-order valence-corrected chi connectivity index (χ1v) is 6.41. The maximum absolute atomic E-state index is 11.1. The number of ether oxygens (including phenoxy) is 1. The maximum atomic E-state index is 11.1. The van der Waals surface area contributed by atoms with Crippen molar-refractivity contribution in [2.45, 2.75) is 20.1 Å². The zero-order valence-corrected chi connectivity index (χ0v) is 11.4. The standard InChI is InChI=1S/C16H18N2O2/c1-11-7-13(16(18)19)5-6-14(11)10-20-15-4-2-3-12(8-15)9-17/h2-8H,9-10,17H2,1H3,(H2,18,19). The molecule has 0 aliphatic heterocycles. The molecule has 0 unspecified atom stereocenters. The predicted molar refractivity (Wildman–Crippen MR) is 78.4 cm³/mol. The smallest absolute Gasteiger partial charge is 0.248 e. The summed E-state index contributed by atoms with van der Waals surface area (Å²) in [7, 11) is 0. The Morgan fingerprint density at radius 3 is 2.65 bits per heavy atom. The molecule has 0 radical (unpaired) electrons. The normalized spacial score (nSPS) is 10.3. The summed E-state index contributed by atoms with van der Waals surface area (Å²) in [5.74, 6) is 0.363. The van der Waals surface area contributed by atoms with Crippen LogP contribution in [0.4, 0.5) is 0 Å². The highest BCUT2D eigenvalue weighted by atomic mass is 16.5. The molecule has 2 rings (SSSR count). The summed E-state index contributed by atoms with van der Waals surface area (Å²) in [5.41, 5.74) is 14.4. The van der Waals surface area contributed by atoms with E-state index in [1.54, 1.807) is 12.1 Å². The minimum absolute atomic E-state index is 0.420. The average Bonchev–Trinajstić information content (AvgIpc) is 2.46. The molecule has 0 fully saturated rings. The van der Waals surface area contributed by atoms with Crippen LogP contribution in [0, 0.1) is 6.92 Å². The zero-order chi connectivity index (χ0) is 14.5. The molecule has 1 amide bonds. The van der Waals surface area contributed by atoms with E-state index >= 15 is 0 Å². The van der Waals surface area contributed by atoms with Crippen LogP contribution in [-0.4, -0.2) is 5.91 Å². The van der Waals surface area contributed by atoms with Crippen LogP contribution in [0.3, 0.4) is 0 Å². The van der Waals surface area contributed by atoms with E-state index in [-0.39, 0.29) is 0 Å². The topological polar surface area (TPSA) is 78.3 Å². The van der Waals surface area contributed by atoms with Crippen molar-refractivity contribution in [3.05, 3.63) is 64.7 Å².